The Bertz CT molecular complexity index is 9.65. The largest absolute Gasteiger partial charge is 2.00 e. The van der Waals surface area contributed by atoms with E-state index in [0.717, 1.165) is 0 Å². The Morgan fingerprint density at radius 3 is 0.714 bits per heavy atom. The molecule has 0 unspecified atom stereocenters. The van der Waals surface area contributed by atoms with E-state index in [9.17, 15) is 0 Å². The second-order valence-corrected chi connectivity index (χ2v) is 0. The summed E-state index contributed by atoms with van der Waals surface area (Å²) in [5.41, 5.74) is 0. The summed E-state index contributed by atoms with van der Waals surface area (Å²) >= 11 is 0. The summed E-state index contributed by atoms with van der Waals surface area (Å²) in [7, 11) is 0. The van der Waals surface area contributed by atoms with Gasteiger partial charge in [-0.2, -0.15) is 11.8 Å². The summed E-state index contributed by atoms with van der Waals surface area (Å²) in [5, 5.41) is 16.0. The van der Waals surface area contributed by atoms with Crippen molar-refractivity contribution in [3.05, 3.63) is 0 Å². The van der Waals surface area contributed by atoms with Gasteiger partial charge < -0.3 is 11.0 Å². The molecule has 0 saturated carbocycles. The van der Waals surface area contributed by atoms with Crippen molar-refractivity contribution in [2.45, 2.75) is 0 Å². The van der Waals surface area contributed by atoms with E-state index in [1.807, 2.05) is 11.8 Å². The molecule has 0 heterocycles. The van der Waals surface area contributed by atoms with Crippen LogP contribution >= 0.6 is 0 Å². The summed E-state index contributed by atoms with van der Waals surface area (Å²) in [6, 6.07) is 0. The molecule has 0 amide bonds. The molecule has 0 aromatic carbocycles. The third kappa shape index (κ3) is 1360. The molecule has 0 saturated heterocycles. The maximum Gasteiger partial charge on any atom is 2.00 e. The van der Waals surface area contributed by atoms with Crippen molar-refractivity contribution in [2.75, 3.05) is 0 Å². The van der Waals surface area contributed by atoms with E-state index in [1.54, 1.807) is 0 Å². The van der Waals surface area contributed by atoms with Crippen LogP contribution in [-0.4, -0.2) is 11.0 Å². The van der Waals surface area contributed by atoms with Gasteiger partial charge in [-0.25, -0.2) is 0 Å². The minimum Gasteiger partial charge on any atom is -0.412 e. The predicted molar refractivity (Wildman–Crippen MR) is 14.4 cm³/mol. The van der Waals surface area contributed by atoms with Crippen LogP contribution in [0.25, 0.3) is 0 Å². The van der Waals surface area contributed by atoms with E-state index in [0.29, 0.717) is 0 Å². The van der Waals surface area contributed by atoms with Gasteiger partial charge in [0.1, 0.15) is 0 Å². The molecule has 7 heteroatoms. The van der Waals surface area contributed by atoms with Crippen LogP contribution in [0.5, 0.6) is 0 Å². The van der Waals surface area contributed by atoms with Gasteiger partial charge in [-0.3, -0.25) is 0 Å². The molecular formula is H10CrN2O4+4. The van der Waals surface area contributed by atoms with Gasteiger partial charge in [-0.1, -0.05) is 0 Å². The summed E-state index contributed by atoms with van der Waals surface area (Å²) in [4.78, 5) is 0. The molecular weight excluding hydrogens is 144 g/mol. The van der Waals surface area contributed by atoms with Crippen LogP contribution in [0.2, 0.25) is 0 Å². The molecule has 2 radical (unpaired) electrons. The van der Waals surface area contributed by atoms with Gasteiger partial charge in [0, 0.05) is 10.4 Å². The first-order chi connectivity index (χ1) is 2.00. The van der Waals surface area contributed by atoms with Crippen LogP contribution < -0.4 is 11.8 Å². The Labute approximate surface area is 51.4 Å². The summed E-state index contributed by atoms with van der Waals surface area (Å²) in [6.07, 6.45) is 0. The van der Waals surface area contributed by atoms with Crippen molar-refractivity contribution in [1.29, 1.82) is 0 Å². The van der Waals surface area contributed by atoms with E-state index < -0.39 is 0 Å². The van der Waals surface area contributed by atoms with Crippen LogP contribution in [0.4, 0.5) is 0 Å². The van der Waals surface area contributed by atoms with Gasteiger partial charge in [0.25, 0.3) is 0 Å². The molecule has 10 N–H and O–H groups in total. The van der Waals surface area contributed by atoms with Crippen LogP contribution in [0.3, 0.4) is 0 Å². The van der Waals surface area contributed by atoms with Crippen LogP contribution in [0.1, 0.15) is 0 Å². The Hall–Kier alpha value is 0.292. The number of quaternary nitrogens is 2. The maximum atomic E-state index is 8.00. The standard InChI is InChI=1S/Cr.2H3NO.2H2O/c;2*1-2;;/h;2*1H3;2*1H2/q+2;2*+1;;. The van der Waals surface area contributed by atoms with E-state index in [1.165, 1.54) is 0 Å². The third-order valence-electron chi connectivity index (χ3n) is 0. The van der Waals surface area contributed by atoms with Gasteiger partial charge >= 0.3 is 17.4 Å². The number of rotatable bonds is 0. The van der Waals surface area contributed by atoms with Gasteiger partial charge in [-0.05, 0) is 0 Å². The first kappa shape index (κ1) is 54.9. The first-order valence-electron chi connectivity index (χ1n) is 0.577. The molecule has 0 rings (SSSR count). The zero-order chi connectivity index (χ0) is 4.00. The molecule has 0 aromatic heterocycles. The van der Waals surface area contributed by atoms with Crippen molar-refractivity contribution < 1.29 is 50.5 Å². The second kappa shape index (κ2) is 2060. The fraction of sp³-hybridized carbons (Fsp3) is 0. The zero-order valence-electron chi connectivity index (χ0n) is 3.64. The minimum absolute atomic E-state index is 0. The molecule has 0 aliphatic carbocycles. The molecule has 0 fully saturated rings. The van der Waals surface area contributed by atoms with Crippen LogP contribution in [0.15, 0.2) is 0 Å². The monoisotopic (exact) mass is 154 g/mol. The van der Waals surface area contributed by atoms with E-state index in [2.05, 4.69) is 0 Å². The second-order valence-electron chi connectivity index (χ2n) is 0. The van der Waals surface area contributed by atoms with E-state index in [-0.39, 0.29) is 28.3 Å². The summed E-state index contributed by atoms with van der Waals surface area (Å²) in [6.45, 7) is 0. The Morgan fingerprint density at radius 1 is 0.714 bits per heavy atom. The normalized spacial score (nSPS) is 1.71. The van der Waals surface area contributed by atoms with Crippen molar-refractivity contribution in [1.82, 2.24) is 0 Å². The van der Waals surface area contributed by atoms with Crippen molar-refractivity contribution in [2.24, 2.45) is 0 Å². The molecule has 0 aliphatic heterocycles. The minimum atomic E-state index is 0. The summed E-state index contributed by atoms with van der Waals surface area (Å²) < 4.78 is 0. The smallest absolute Gasteiger partial charge is 0.412 e. The van der Waals surface area contributed by atoms with Crippen LogP contribution in [-0.2, 0) is 27.8 Å². The average molecular weight is 154 g/mol. The Morgan fingerprint density at radius 2 is 0.714 bits per heavy atom. The first-order valence-corrected chi connectivity index (χ1v) is 0.577. The van der Waals surface area contributed by atoms with Crippen molar-refractivity contribution >= 4 is 0 Å². The van der Waals surface area contributed by atoms with Gasteiger partial charge in [-0.15, -0.1) is 0 Å². The van der Waals surface area contributed by atoms with Gasteiger partial charge in [0.05, 0.1) is 0 Å². The van der Waals surface area contributed by atoms with Crippen molar-refractivity contribution in [3.63, 3.8) is 0 Å². The Kier molecular flexibility index (Phi) is 16200. The SMILES string of the molecule is O.O.[Cr+2].[NH3+][O].[NH3+][O]. The molecule has 0 atom stereocenters. The van der Waals surface area contributed by atoms with Gasteiger partial charge in [0.15, 0.2) is 0 Å². The van der Waals surface area contributed by atoms with Crippen molar-refractivity contribution in [3.8, 4) is 0 Å². The number of hydrogen-bond acceptors (Lipinski definition) is 0. The predicted octanol–water partition coefficient (Wildman–Crippen LogP) is -4.50. The van der Waals surface area contributed by atoms with Gasteiger partial charge in [0.2, 0.25) is 0 Å². The Balaban J connectivity index is -0.00000000267. The van der Waals surface area contributed by atoms with E-state index >= 15 is 0 Å². The zero-order valence-corrected chi connectivity index (χ0v) is 4.91. The van der Waals surface area contributed by atoms with E-state index in [4.69, 9.17) is 10.4 Å². The third-order valence-corrected chi connectivity index (χ3v) is 0. The quantitative estimate of drug-likeness (QED) is 0.322. The fourth-order valence-corrected chi connectivity index (χ4v) is 0. The summed E-state index contributed by atoms with van der Waals surface area (Å²) in [5.74, 6) is 4.00. The molecule has 0 bridgehead atoms. The number of hydrogen-bond donors (Lipinski definition) is 2. The molecule has 6 nitrogen and oxygen atoms in total. The maximum absolute atomic E-state index is 8.00. The molecule has 0 aromatic rings. The fourth-order valence-electron chi connectivity index (χ4n) is 0. The van der Waals surface area contributed by atoms with Crippen LogP contribution in [0, 0.1) is 0 Å². The molecule has 46 valence electrons. The molecule has 7 heavy (non-hydrogen) atoms. The topological polar surface area (TPSA) is 158 Å². The average Bonchev–Trinajstić information content (AvgIpc) is 1.50. The molecule has 0 aliphatic rings. The molecule has 0 spiro atoms.